The van der Waals surface area contributed by atoms with E-state index in [1.165, 1.54) is 0 Å². The Morgan fingerprint density at radius 3 is 2.58 bits per heavy atom. The SMILES string of the molecule is [2H]C([2H])([15NH2])C(=[18O])ON1C(=O)CCC1=O. The van der Waals surface area contributed by atoms with Gasteiger partial charge in [0, 0.05) is 12.8 Å². The first kappa shape index (κ1) is 6.13. The molecule has 1 fully saturated rings. The molecule has 0 atom stereocenters. The van der Waals surface area contributed by atoms with Crippen LogP contribution < -0.4 is 5.73 Å². The van der Waals surface area contributed by atoms with Crippen molar-refractivity contribution in [3.63, 3.8) is 0 Å². The lowest BCUT2D eigenvalue weighted by atomic mass is 10.4. The molecule has 1 heterocycles. The van der Waals surface area contributed by atoms with Gasteiger partial charge in [0.25, 0.3) is 11.8 Å². The Kier molecular flexibility index (Phi) is 1.69. The number of carbonyl (C=O) groups is 3. The van der Waals surface area contributed by atoms with Crippen LogP contribution in [0.5, 0.6) is 0 Å². The molecule has 6 heteroatoms. The van der Waals surface area contributed by atoms with Crippen molar-refractivity contribution in [1.29, 1.82) is 0 Å². The highest BCUT2D eigenvalue weighted by atomic mass is 18.1. The van der Waals surface area contributed by atoms with Crippen molar-refractivity contribution in [2.45, 2.75) is 12.8 Å². The number of hydrogen-bond acceptors (Lipinski definition) is 5. The lowest BCUT2D eigenvalue weighted by Crippen LogP contribution is -2.34. The van der Waals surface area contributed by atoms with Crippen LogP contribution in [0.2, 0.25) is 0 Å². The second-order valence-electron chi connectivity index (χ2n) is 2.10. The number of hydrogen-bond donors (Lipinski definition) is 1. The molecule has 0 saturated carbocycles. The molecule has 1 saturated heterocycles. The number of imide groups is 1. The summed E-state index contributed by atoms with van der Waals surface area (Å²) >= 11 is 0. The van der Waals surface area contributed by atoms with Crippen LogP contribution in [0, 0.1) is 0 Å². The number of nitrogens with two attached hydrogens (primary N) is 1. The topological polar surface area (TPSA) is 89.7 Å². The predicted molar refractivity (Wildman–Crippen MR) is 36.2 cm³/mol. The van der Waals surface area contributed by atoms with Crippen LogP contribution >= 0.6 is 0 Å². The maximum Gasteiger partial charge on any atom is 0.346 e. The number of rotatable bonds is 2. The Morgan fingerprint density at radius 1 is 1.67 bits per heavy atom. The highest BCUT2D eigenvalue weighted by Gasteiger charge is 2.32. The van der Waals surface area contributed by atoms with Gasteiger partial charge in [-0.2, -0.15) is 0 Å². The van der Waals surface area contributed by atoms with E-state index in [2.05, 4.69) is 4.84 Å². The number of hydroxylamine groups is 2. The number of carbonyl (C=O) groups excluding carboxylic acids is 3. The van der Waals surface area contributed by atoms with Gasteiger partial charge in [-0.3, -0.25) is 9.59 Å². The highest BCUT2D eigenvalue weighted by molar-refractivity contribution is 6.01. The summed E-state index contributed by atoms with van der Waals surface area (Å²) in [6.45, 7) is -2.72. The maximum absolute atomic E-state index is 10.9. The molecule has 0 spiro atoms. The average molecular weight is 177 g/mol. The zero-order valence-electron chi connectivity index (χ0n) is 8.07. The van der Waals surface area contributed by atoms with E-state index in [-0.39, 0.29) is 17.9 Å². The lowest BCUT2D eigenvalue weighted by Gasteiger charge is -2.10. The van der Waals surface area contributed by atoms with Gasteiger partial charge >= 0.3 is 5.97 Å². The fourth-order valence-electron chi connectivity index (χ4n) is 0.767. The van der Waals surface area contributed by atoms with Crippen molar-refractivity contribution in [3.8, 4) is 0 Å². The first-order chi connectivity index (χ1) is 6.32. The molecule has 0 bridgehead atoms. The van der Waals surface area contributed by atoms with Gasteiger partial charge in [0.2, 0.25) is 0 Å². The fourth-order valence-corrected chi connectivity index (χ4v) is 0.767. The molecule has 1 aliphatic rings. The Labute approximate surface area is 71.0 Å². The summed E-state index contributed by atoms with van der Waals surface area (Å²) in [6, 6.07) is 0. The summed E-state index contributed by atoms with van der Waals surface area (Å²) < 4.78 is 13.5. The molecule has 6 nitrogen and oxygen atoms in total. The highest BCUT2D eigenvalue weighted by Crippen LogP contribution is 2.11. The maximum atomic E-state index is 10.9. The van der Waals surface area contributed by atoms with Gasteiger partial charge in [0.15, 0.2) is 0 Å². The van der Waals surface area contributed by atoms with Gasteiger partial charge in [-0.1, -0.05) is 0 Å². The standard InChI is InChI=1S/C6H8N2O4/c7-3-6(11)12-8-4(9)1-2-5(8)10/h1-3,7H2/i3D2,7+1,11+2. The van der Waals surface area contributed by atoms with E-state index in [0.29, 0.717) is 0 Å². The molecule has 0 aromatic carbocycles. The third-order valence-corrected chi connectivity index (χ3v) is 1.30. The van der Waals surface area contributed by atoms with Gasteiger partial charge in [-0.25, -0.2) is 4.79 Å². The molecule has 12 heavy (non-hydrogen) atoms. The molecule has 0 radical (unpaired) electrons. The molecular formula is C6H8N2O4. The molecule has 1 aliphatic heterocycles. The van der Waals surface area contributed by atoms with Crippen LogP contribution in [0.25, 0.3) is 0 Å². The average Bonchev–Trinajstić information content (AvgIpc) is 2.34. The van der Waals surface area contributed by atoms with E-state index in [1.807, 2.05) is 0 Å². The quantitative estimate of drug-likeness (QED) is 0.316. The molecule has 0 aliphatic carbocycles. The molecule has 2 amide bonds. The summed E-state index contributed by atoms with van der Waals surface area (Å²) in [5.41, 5.74) is 4.76. The molecule has 0 aromatic heterocycles. The first-order valence-corrected chi connectivity index (χ1v) is 3.19. The Hall–Kier alpha value is -1.43. The predicted octanol–water partition coefficient (Wildman–Crippen LogP) is -1.45. The normalized spacial score (nSPS) is 20.6. The third-order valence-electron chi connectivity index (χ3n) is 1.30. The lowest BCUT2D eigenvalue weighted by molar-refractivity contribution is -0.196. The van der Waals surface area contributed by atoms with E-state index in [9.17, 15) is 14.4 Å². The van der Waals surface area contributed by atoms with E-state index in [1.54, 1.807) is 0 Å². The van der Waals surface area contributed by atoms with E-state index >= 15 is 0 Å². The van der Waals surface area contributed by atoms with Crippen molar-refractivity contribution in [2.75, 3.05) is 6.50 Å². The van der Waals surface area contributed by atoms with Crippen LogP contribution in [0.3, 0.4) is 0 Å². The van der Waals surface area contributed by atoms with Gasteiger partial charge in [0.1, 0.15) is 0 Å². The number of amides is 2. The van der Waals surface area contributed by atoms with Crippen LogP contribution in [0.1, 0.15) is 15.6 Å². The zero-order chi connectivity index (χ0) is 10.9. The second kappa shape index (κ2) is 3.31. The van der Waals surface area contributed by atoms with E-state index in [4.69, 9.17) is 8.48 Å². The third kappa shape index (κ3) is 1.59. The minimum Gasteiger partial charge on any atom is -0.329 e. The first-order valence-electron chi connectivity index (χ1n) is 4.19. The molecule has 0 unspecified atom stereocenters. The molecule has 0 aromatic rings. The van der Waals surface area contributed by atoms with Gasteiger partial charge in [0.05, 0.1) is 9.24 Å². The summed E-state index contributed by atoms with van der Waals surface area (Å²) in [4.78, 5) is 36.9. The second-order valence-corrected chi connectivity index (χ2v) is 2.10. The van der Waals surface area contributed by atoms with E-state index < -0.39 is 24.3 Å². The van der Waals surface area contributed by atoms with Crippen LogP contribution in [-0.4, -0.2) is 29.3 Å². The summed E-state index contributed by atoms with van der Waals surface area (Å²) in [7, 11) is 0. The minimum atomic E-state index is -2.72. The molecule has 1 rings (SSSR count). The summed E-state index contributed by atoms with van der Waals surface area (Å²) in [5.74, 6) is -2.82. The smallest absolute Gasteiger partial charge is 0.329 e. The zero-order valence-corrected chi connectivity index (χ0v) is 6.07. The van der Waals surface area contributed by atoms with Crippen LogP contribution in [0.15, 0.2) is 0 Å². The van der Waals surface area contributed by atoms with Crippen LogP contribution in [-0.2, 0) is 19.2 Å². The summed E-state index contributed by atoms with van der Waals surface area (Å²) in [6.07, 6.45) is -0.0840. The Bertz CT molecular complexity index is 283. The molecule has 66 valence electrons. The van der Waals surface area contributed by atoms with Crippen molar-refractivity contribution >= 4 is 17.8 Å². The summed E-state index contributed by atoms with van der Waals surface area (Å²) in [5, 5.41) is 0.243. The van der Waals surface area contributed by atoms with Gasteiger partial charge in [-0.15, -0.1) is 5.06 Å². The fraction of sp³-hybridized carbons (Fsp3) is 0.500. The molecule has 2 N–H and O–H groups in total. The Morgan fingerprint density at radius 2 is 2.17 bits per heavy atom. The number of nitrogens with zero attached hydrogens (tertiary/aromatic N) is 1. The van der Waals surface area contributed by atoms with Crippen molar-refractivity contribution in [3.05, 3.63) is 0 Å². The minimum absolute atomic E-state index is 0.0420. The van der Waals surface area contributed by atoms with E-state index in [0.717, 1.165) is 0 Å². The Balaban J connectivity index is 2.65. The monoisotopic (exact) mass is 177 g/mol. The van der Waals surface area contributed by atoms with Crippen molar-refractivity contribution < 1.29 is 22.0 Å². The molecular weight excluding hydrogens is 167 g/mol. The van der Waals surface area contributed by atoms with Crippen LogP contribution in [0.4, 0.5) is 0 Å². The van der Waals surface area contributed by atoms with Gasteiger partial charge < -0.3 is 10.6 Å². The van der Waals surface area contributed by atoms with Crippen molar-refractivity contribution in [2.24, 2.45) is 5.73 Å². The van der Waals surface area contributed by atoms with Gasteiger partial charge in [-0.05, 0) is 0 Å². The van der Waals surface area contributed by atoms with Crippen molar-refractivity contribution in [1.82, 2.24) is 5.06 Å². The largest absolute Gasteiger partial charge is 0.346 e.